The van der Waals surface area contributed by atoms with Gasteiger partial charge in [0, 0.05) is 80.7 Å². The number of ether oxygens (including phenoxy) is 2. The molecule has 5 rings (SSSR count). The van der Waals surface area contributed by atoms with Crippen LogP contribution in [0.4, 0.5) is 21.5 Å². The molecule has 52 heavy (non-hydrogen) atoms. The van der Waals surface area contributed by atoms with E-state index in [-0.39, 0.29) is 11.9 Å². The fourth-order valence-corrected chi connectivity index (χ4v) is 7.18. The number of nitrogens with zero attached hydrogens (tertiary/aromatic N) is 6. The average Bonchev–Trinajstić information content (AvgIpc) is 3.56. The third-order valence-electron chi connectivity index (χ3n) is 10.3. The van der Waals surface area contributed by atoms with Crippen molar-refractivity contribution in [2.24, 2.45) is 5.10 Å². The maximum Gasteiger partial charge on any atom is 0.215 e. The molecule has 278 valence electrons. The first-order chi connectivity index (χ1) is 25.0. The van der Waals surface area contributed by atoms with Gasteiger partial charge in [-0.2, -0.15) is 5.10 Å². The molecular weight excluding hydrogens is 675 g/mol. The Morgan fingerprint density at radius 1 is 1.06 bits per heavy atom. The molecular formula is C42H54ClFN6O2. The van der Waals surface area contributed by atoms with Crippen molar-refractivity contribution in [2.45, 2.75) is 58.0 Å². The molecule has 10 heteroatoms. The highest BCUT2D eigenvalue weighted by Gasteiger charge is 2.45. The Balaban J connectivity index is 1.16. The van der Waals surface area contributed by atoms with Gasteiger partial charge in [-0.05, 0) is 98.8 Å². The van der Waals surface area contributed by atoms with Crippen LogP contribution < -0.4 is 14.7 Å². The number of anilines is 3. The van der Waals surface area contributed by atoms with Crippen LogP contribution in [0, 0.1) is 12.7 Å². The van der Waals surface area contributed by atoms with E-state index in [1.807, 2.05) is 55.4 Å². The summed E-state index contributed by atoms with van der Waals surface area (Å²) in [4.78, 5) is 8.69. The summed E-state index contributed by atoms with van der Waals surface area (Å²) in [6.45, 7) is 22.3. The van der Waals surface area contributed by atoms with Gasteiger partial charge in [0.05, 0.1) is 24.9 Å². The minimum Gasteiger partial charge on any atom is -0.368 e. The van der Waals surface area contributed by atoms with E-state index in [0.29, 0.717) is 42.7 Å². The summed E-state index contributed by atoms with van der Waals surface area (Å²) >= 11 is 6.27. The first-order valence-corrected chi connectivity index (χ1v) is 18.5. The second-order valence-corrected chi connectivity index (χ2v) is 14.2. The Morgan fingerprint density at radius 3 is 2.40 bits per heavy atom. The lowest BCUT2D eigenvalue weighted by Crippen LogP contribution is -2.46. The van der Waals surface area contributed by atoms with Crippen molar-refractivity contribution in [3.63, 3.8) is 0 Å². The van der Waals surface area contributed by atoms with E-state index in [9.17, 15) is 0 Å². The van der Waals surface area contributed by atoms with Crippen LogP contribution in [0.3, 0.4) is 0 Å². The normalized spacial score (nSPS) is 19.5. The van der Waals surface area contributed by atoms with Gasteiger partial charge >= 0.3 is 0 Å². The zero-order chi connectivity index (χ0) is 37.4. The molecule has 2 aliphatic rings. The summed E-state index contributed by atoms with van der Waals surface area (Å²) in [7, 11) is 3.94. The Labute approximate surface area is 315 Å². The van der Waals surface area contributed by atoms with Crippen molar-refractivity contribution >= 4 is 34.9 Å². The van der Waals surface area contributed by atoms with E-state index in [0.717, 1.165) is 66.5 Å². The number of rotatable bonds is 16. The van der Waals surface area contributed by atoms with Gasteiger partial charge in [-0.3, -0.25) is 5.01 Å². The summed E-state index contributed by atoms with van der Waals surface area (Å²) in [5.74, 6) is -0.309. The van der Waals surface area contributed by atoms with Crippen LogP contribution >= 0.6 is 11.6 Å². The van der Waals surface area contributed by atoms with Gasteiger partial charge in [0.2, 0.25) is 5.79 Å². The molecule has 2 fully saturated rings. The zero-order valence-electron chi connectivity index (χ0n) is 31.4. The number of hydrogen-bond acceptors (Lipinski definition) is 8. The third-order valence-corrected chi connectivity index (χ3v) is 10.5. The van der Waals surface area contributed by atoms with Crippen molar-refractivity contribution in [1.82, 2.24) is 9.91 Å². The monoisotopic (exact) mass is 728 g/mol. The number of aryl methyl sites for hydroxylation is 2. The number of benzene rings is 3. The maximum absolute atomic E-state index is 15.6. The first-order valence-electron chi connectivity index (χ1n) is 18.1. The van der Waals surface area contributed by atoms with E-state index >= 15 is 4.39 Å². The van der Waals surface area contributed by atoms with Gasteiger partial charge in [-0.15, -0.1) is 0 Å². The molecule has 3 unspecified atom stereocenters. The molecule has 0 aromatic heterocycles. The highest BCUT2D eigenvalue weighted by Crippen LogP contribution is 2.39. The summed E-state index contributed by atoms with van der Waals surface area (Å²) < 4.78 is 28.7. The zero-order valence-corrected chi connectivity index (χ0v) is 32.2. The molecule has 0 bridgehead atoms. The summed E-state index contributed by atoms with van der Waals surface area (Å²) in [5.41, 5.74) is 5.64. The second-order valence-electron chi connectivity index (χ2n) is 13.7. The summed E-state index contributed by atoms with van der Waals surface area (Å²) in [6, 6.07) is 20.2. The fourth-order valence-electron chi connectivity index (χ4n) is 6.95. The number of piperazine rings is 1. The van der Waals surface area contributed by atoms with Crippen molar-refractivity contribution in [2.75, 3.05) is 68.1 Å². The number of halogens is 2. The molecule has 0 saturated carbocycles. The van der Waals surface area contributed by atoms with Gasteiger partial charge in [-0.1, -0.05) is 50.4 Å². The number of likely N-dealkylation sites (N-methyl/N-ethyl adjacent to an activating group) is 1. The van der Waals surface area contributed by atoms with Crippen molar-refractivity contribution in [3.8, 4) is 0 Å². The summed E-state index contributed by atoms with van der Waals surface area (Å²) in [6.07, 6.45) is 7.30. The Kier molecular flexibility index (Phi) is 13.1. The molecule has 2 heterocycles. The highest BCUT2D eigenvalue weighted by atomic mass is 35.5. The average molecular weight is 729 g/mol. The van der Waals surface area contributed by atoms with E-state index in [4.69, 9.17) is 21.1 Å². The van der Waals surface area contributed by atoms with Crippen molar-refractivity contribution in [1.29, 1.82) is 0 Å². The van der Waals surface area contributed by atoms with Gasteiger partial charge < -0.3 is 29.1 Å². The SMILES string of the molecule is C=C/C=N\N(C)CC1(c2ccc(Cl)cc2C)OCC(CCc2ccc(N3CCN(c4ccc(N(C=C)C(=C)N(C)C(C)CC)cc4)CC3)c(F)c2)O1. The lowest BCUT2D eigenvalue weighted by atomic mass is 9.99. The lowest BCUT2D eigenvalue weighted by Gasteiger charge is -2.38. The predicted molar refractivity (Wildman–Crippen MR) is 215 cm³/mol. The molecule has 3 atom stereocenters. The van der Waals surface area contributed by atoms with Gasteiger partial charge in [0.25, 0.3) is 0 Å². The predicted octanol–water partition coefficient (Wildman–Crippen LogP) is 8.57. The number of hydrazone groups is 1. The molecule has 0 N–H and O–H groups in total. The van der Waals surface area contributed by atoms with Gasteiger partial charge in [0.15, 0.2) is 0 Å². The van der Waals surface area contributed by atoms with Gasteiger partial charge in [0.1, 0.15) is 11.6 Å². The molecule has 0 aliphatic carbocycles. The molecule has 0 amide bonds. The molecule has 2 aliphatic heterocycles. The molecule has 2 saturated heterocycles. The van der Waals surface area contributed by atoms with Gasteiger partial charge in [-0.25, -0.2) is 4.39 Å². The topological polar surface area (TPSA) is 47.0 Å². The minimum atomic E-state index is -1.00. The number of allylic oxidation sites excluding steroid dienone is 1. The Morgan fingerprint density at radius 2 is 1.77 bits per heavy atom. The van der Waals surface area contributed by atoms with Crippen LogP contribution in [0.15, 0.2) is 104 Å². The quantitative estimate of drug-likeness (QED) is 0.108. The van der Waals surface area contributed by atoms with E-state index in [2.05, 4.69) is 84.7 Å². The van der Waals surface area contributed by atoms with Crippen molar-refractivity contribution < 1.29 is 13.9 Å². The fraction of sp³-hybridized carbons (Fsp3) is 0.405. The highest BCUT2D eigenvalue weighted by molar-refractivity contribution is 6.30. The molecule has 0 radical (unpaired) electrons. The molecule has 3 aromatic carbocycles. The summed E-state index contributed by atoms with van der Waals surface area (Å²) in [5, 5.41) is 6.84. The second kappa shape index (κ2) is 17.5. The van der Waals surface area contributed by atoms with Crippen LogP contribution in [-0.2, 0) is 21.7 Å². The van der Waals surface area contributed by atoms with E-state index < -0.39 is 5.79 Å². The molecule has 8 nitrogen and oxygen atoms in total. The number of hydrogen-bond donors (Lipinski definition) is 0. The standard InChI is InChI=1S/C42H54ClFN6O2/c1-9-22-45-46(7)30-42(39-20-14-35(43)27-31(39)4)51-29-38(52-42)19-12-34-13-21-41(40(44)28-34)49-25-23-48(24-26-49)36-15-17-37(18-16-36)50(11-3)33(6)47(8)32(5)10-2/h9,11,13-18,20-22,27-28,32,38H,1,3,6,10,12,19,23-26,29-30H2,2,4-5,7-8H3/b45-22-. The first kappa shape index (κ1) is 38.9. The third kappa shape index (κ3) is 9.00. The minimum absolute atomic E-state index is 0.165. The molecule has 0 spiro atoms. The Hall–Kier alpha value is -4.31. The van der Waals surface area contributed by atoms with E-state index in [1.165, 1.54) is 0 Å². The van der Waals surface area contributed by atoms with Crippen LogP contribution in [-0.4, -0.2) is 81.7 Å². The van der Waals surface area contributed by atoms with E-state index in [1.54, 1.807) is 23.4 Å². The maximum atomic E-state index is 15.6. The van der Waals surface area contributed by atoms with Crippen molar-refractivity contribution in [3.05, 3.63) is 126 Å². The Bertz CT molecular complexity index is 1730. The van der Waals surface area contributed by atoms with Crippen LogP contribution in [0.1, 0.15) is 43.4 Å². The molecule has 3 aromatic rings. The smallest absolute Gasteiger partial charge is 0.215 e. The van der Waals surface area contributed by atoms with Crippen LogP contribution in [0.2, 0.25) is 5.02 Å². The lowest BCUT2D eigenvalue weighted by molar-refractivity contribution is -0.188. The largest absolute Gasteiger partial charge is 0.368 e. The van der Waals surface area contributed by atoms with Crippen LogP contribution in [0.25, 0.3) is 0 Å². The van der Waals surface area contributed by atoms with Crippen LogP contribution in [0.5, 0.6) is 0 Å².